The maximum absolute atomic E-state index is 14.6. The first-order valence-electron chi connectivity index (χ1n) is 8.78. The van der Waals surface area contributed by atoms with Crippen molar-refractivity contribution in [2.24, 2.45) is 0 Å². The molecule has 8 heteroatoms. The van der Waals surface area contributed by atoms with Crippen LogP contribution in [0.1, 0.15) is 25.6 Å². The van der Waals surface area contributed by atoms with Crippen molar-refractivity contribution in [2.75, 3.05) is 10.7 Å². The summed E-state index contributed by atoms with van der Waals surface area (Å²) in [6.07, 6.45) is -1.02. The largest absolute Gasteiger partial charge is 0.447 e. The number of carbonyl (C=O) groups excluding carboxylic acids is 1. The van der Waals surface area contributed by atoms with Crippen LogP contribution in [0.4, 0.5) is 10.1 Å². The lowest BCUT2D eigenvalue weighted by Gasteiger charge is -2.30. The van der Waals surface area contributed by atoms with E-state index in [2.05, 4.69) is 15.2 Å². The van der Waals surface area contributed by atoms with Gasteiger partial charge in [0, 0.05) is 18.1 Å². The molecule has 0 saturated carbocycles. The molecule has 1 atom stereocenters. The van der Waals surface area contributed by atoms with E-state index in [-0.39, 0.29) is 17.4 Å². The van der Waals surface area contributed by atoms with Crippen molar-refractivity contribution >= 4 is 23.4 Å². The van der Waals surface area contributed by atoms with Crippen LogP contribution in [0.3, 0.4) is 0 Å². The van der Waals surface area contributed by atoms with Crippen LogP contribution in [0, 0.1) is 5.82 Å². The van der Waals surface area contributed by atoms with Crippen LogP contribution in [0.5, 0.6) is 5.88 Å². The Labute approximate surface area is 165 Å². The minimum Gasteiger partial charge on any atom is -0.447 e. The summed E-state index contributed by atoms with van der Waals surface area (Å²) in [5, 5.41) is 8.91. The number of ether oxygens (including phenoxy) is 1. The fourth-order valence-electron chi connectivity index (χ4n) is 3.12. The third-order valence-electron chi connectivity index (χ3n) is 4.30. The molecule has 0 fully saturated rings. The second-order valence-electron chi connectivity index (χ2n) is 6.08. The van der Waals surface area contributed by atoms with Gasteiger partial charge in [0.25, 0.3) is 0 Å². The molecular weight excluding hydrogens is 379 g/mol. The topological polar surface area (TPSA) is 68.2 Å². The molecule has 4 rings (SSSR count). The van der Waals surface area contributed by atoms with Gasteiger partial charge >= 0.3 is 0 Å². The second kappa shape index (κ2) is 7.55. The SMILES string of the molecule is CCSc1nnc2c(n1)O[C@H](c1ccccc1F)N(C(C)=O)c1ccccc1-2. The molecule has 0 saturated heterocycles. The first kappa shape index (κ1) is 18.4. The fourth-order valence-corrected chi connectivity index (χ4v) is 3.62. The lowest BCUT2D eigenvalue weighted by Crippen LogP contribution is -2.36. The quantitative estimate of drug-likeness (QED) is 0.617. The molecule has 0 spiro atoms. The number of hydrogen-bond donors (Lipinski definition) is 0. The summed E-state index contributed by atoms with van der Waals surface area (Å²) in [6, 6.07) is 13.5. The van der Waals surface area contributed by atoms with Crippen molar-refractivity contribution in [3.8, 4) is 17.1 Å². The van der Waals surface area contributed by atoms with Crippen molar-refractivity contribution in [1.82, 2.24) is 15.2 Å². The fraction of sp³-hybridized carbons (Fsp3) is 0.200. The average molecular weight is 396 g/mol. The molecule has 1 amide bonds. The first-order valence-corrected chi connectivity index (χ1v) is 9.76. The maximum atomic E-state index is 14.6. The summed E-state index contributed by atoms with van der Waals surface area (Å²) in [7, 11) is 0. The third kappa shape index (κ3) is 3.20. The average Bonchev–Trinajstić information content (AvgIpc) is 2.83. The molecule has 142 valence electrons. The molecule has 1 aromatic heterocycles. The second-order valence-corrected chi connectivity index (χ2v) is 7.31. The van der Waals surface area contributed by atoms with Gasteiger partial charge in [0.1, 0.15) is 5.82 Å². The number of halogens is 1. The summed E-state index contributed by atoms with van der Waals surface area (Å²) in [4.78, 5) is 18.5. The molecular formula is C20H17FN4O2S. The van der Waals surface area contributed by atoms with Crippen LogP contribution < -0.4 is 9.64 Å². The van der Waals surface area contributed by atoms with Gasteiger partial charge in [0.05, 0.1) is 5.69 Å². The van der Waals surface area contributed by atoms with Crippen molar-refractivity contribution in [1.29, 1.82) is 0 Å². The van der Waals surface area contributed by atoms with Gasteiger partial charge < -0.3 is 4.74 Å². The number of carbonyl (C=O) groups is 1. The number of benzene rings is 2. The molecule has 0 N–H and O–H groups in total. The third-order valence-corrected chi connectivity index (χ3v) is 5.02. The number of nitrogens with zero attached hydrogens (tertiary/aromatic N) is 4. The van der Waals surface area contributed by atoms with Crippen LogP contribution in [-0.4, -0.2) is 26.8 Å². The molecule has 0 bridgehead atoms. The van der Waals surface area contributed by atoms with E-state index in [0.717, 1.165) is 5.75 Å². The van der Waals surface area contributed by atoms with Crippen molar-refractivity contribution < 1.29 is 13.9 Å². The zero-order valence-corrected chi connectivity index (χ0v) is 16.1. The lowest BCUT2D eigenvalue weighted by atomic mass is 10.1. The summed E-state index contributed by atoms with van der Waals surface area (Å²) in [6.45, 7) is 3.40. The van der Waals surface area contributed by atoms with E-state index in [0.29, 0.717) is 22.1 Å². The van der Waals surface area contributed by atoms with Gasteiger partial charge in [-0.25, -0.2) is 4.39 Å². The molecule has 0 radical (unpaired) electrons. The molecule has 2 aromatic carbocycles. The highest BCUT2D eigenvalue weighted by molar-refractivity contribution is 7.99. The Balaban J connectivity index is 1.97. The number of thioether (sulfide) groups is 1. The van der Waals surface area contributed by atoms with E-state index in [1.807, 2.05) is 19.1 Å². The summed E-state index contributed by atoms with van der Waals surface area (Å²) in [5.74, 6) is 0.234. The molecule has 1 aliphatic heterocycles. The predicted molar refractivity (Wildman–Crippen MR) is 105 cm³/mol. The Kier molecular flexibility index (Phi) is 4.95. The number of amides is 1. The standard InChI is InChI=1S/C20H17FN4O2S/c1-3-28-20-22-18-17(23-24-20)14-9-5-7-11-16(14)25(12(2)26)19(27-18)13-8-4-6-10-15(13)21/h4-11,19H,3H2,1-2H3/t19-/m1/s1. The minimum absolute atomic E-state index is 0.218. The monoisotopic (exact) mass is 396 g/mol. The number of aromatic nitrogens is 3. The normalized spacial score (nSPS) is 15.2. The Morgan fingerprint density at radius 2 is 1.93 bits per heavy atom. The van der Waals surface area contributed by atoms with Crippen molar-refractivity contribution in [2.45, 2.75) is 25.2 Å². The van der Waals surface area contributed by atoms with Crippen LogP contribution in [0.2, 0.25) is 0 Å². The summed E-state index contributed by atoms with van der Waals surface area (Å²) in [5.41, 5.74) is 1.87. The molecule has 28 heavy (non-hydrogen) atoms. The lowest BCUT2D eigenvalue weighted by molar-refractivity contribution is -0.118. The Morgan fingerprint density at radius 3 is 2.68 bits per heavy atom. The summed E-state index contributed by atoms with van der Waals surface area (Å²) < 4.78 is 20.7. The minimum atomic E-state index is -1.02. The van der Waals surface area contributed by atoms with Gasteiger partial charge in [-0.2, -0.15) is 4.98 Å². The van der Waals surface area contributed by atoms with Gasteiger partial charge in [0.2, 0.25) is 23.2 Å². The van der Waals surface area contributed by atoms with Crippen LogP contribution in [0.15, 0.2) is 53.7 Å². The zero-order valence-electron chi connectivity index (χ0n) is 15.3. The van der Waals surface area contributed by atoms with E-state index in [4.69, 9.17) is 4.74 Å². The predicted octanol–water partition coefficient (Wildman–Crippen LogP) is 4.23. The zero-order chi connectivity index (χ0) is 19.7. The Bertz CT molecular complexity index is 1050. The van der Waals surface area contributed by atoms with Crippen LogP contribution >= 0.6 is 11.8 Å². The maximum Gasteiger partial charge on any atom is 0.247 e. The van der Waals surface area contributed by atoms with Crippen LogP contribution in [-0.2, 0) is 4.79 Å². The highest BCUT2D eigenvalue weighted by Crippen LogP contribution is 2.43. The highest BCUT2D eigenvalue weighted by Gasteiger charge is 2.35. The number of fused-ring (bicyclic) bond motifs is 3. The van der Waals surface area contributed by atoms with E-state index >= 15 is 0 Å². The number of anilines is 1. The van der Waals surface area contributed by atoms with E-state index in [1.165, 1.54) is 29.7 Å². The number of rotatable bonds is 3. The molecule has 6 nitrogen and oxygen atoms in total. The Hall–Kier alpha value is -3.00. The van der Waals surface area contributed by atoms with Gasteiger partial charge in [-0.05, 0) is 17.9 Å². The van der Waals surface area contributed by atoms with Gasteiger partial charge in [-0.15, -0.1) is 10.2 Å². The van der Waals surface area contributed by atoms with Crippen molar-refractivity contribution in [3.63, 3.8) is 0 Å². The van der Waals surface area contributed by atoms with Crippen molar-refractivity contribution in [3.05, 3.63) is 59.9 Å². The molecule has 0 aliphatic carbocycles. The van der Waals surface area contributed by atoms with Gasteiger partial charge in [0.15, 0.2) is 5.69 Å². The molecule has 1 aliphatic rings. The number of para-hydroxylation sites is 1. The van der Waals surface area contributed by atoms with E-state index in [9.17, 15) is 9.18 Å². The first-order chi connectivity index (χ1) is 13.6. The van der Waals surface area contributed by atoms with Gasteiger partial charge in [-0.1, -0.05) is 55.1 Å². The van der Waals surface area contributed by atoms with E-state index < -0.39 is 12.0 Å². The van der Waals surface area contributed by atoms with Gasteiger partial charge in [-0.3, -0.25) is 9.69 Å². The summed E-state index contributed by atoms with van der Waals surface area (Å²) >= 11 is 1.42. The smallest absolute Gasteiger partial charge is 0.247 e. The van der Waals surface area contributed by atoms with E-state index in [1.54, 1.807) is 30.3 Å². The molecule has 2 heterocycles. The molecule has 3 aromatic rings. The number of hydrogen-bond acceptors (Lipinski definition) is 6. The molecule has 0 unspecified atom stereocenters. The van der Waals surface area contributed by atoms with Crippen LogP contribution in [0.25, 0.3) is 11.3 Å². The highest BCUT2D eigenvalue weighted by atomic mass is 32.2. The Morgan fingerprint density at radius 1 is 1.18 bits per heavy atom.